The van der Waals surface area contributed by atoms with E-state index in [-0.39, 0.29) is 0 Å². The Morgan fingerprint density at radius 2 is 0.590 bits per heavy atom. The summed E-state index contributed by atoms with van der Waals surface area (Å²) in [7, 11) is 0. The van der Waals surface area contributed by atoms with Crippen LogP contribution in [0.2, 0.25) is 0 Å². The Balaban J connectivity index is 0.000000135. The third-order valence-electron chi connectivity index (χ3n) is 14.6. The maximum atomic E-state index is 2.47. The molecule has 422 valence electrons. The Morgan fingerprint density at radius 1 is 0.253 bits per heavy atom. The van der Waals surface area contributed by atoms with Crippen LogP contribution in [0.5, 0.6) is 0 Å². The van der Waals surface area contributed by atoms with E-state index in [9.17, 15) is 0 Å². The summed E-state index contributed by atoms with van der Waals surface area (Å²) in [5, 5.41) is 13.5. The largest absolute Gasteiger partial charge is 0.338 e. The Hall–Kier alpha value is -8.66. The molecule has 0 aliphatic carbocycles. The van der Waals surface area contributed by atoms with Gasteiger partial charge in [-0.2, -0.15) is 0 Å². The molecule has 0 aliphatic rings. The molecule has 0 N–H and O–H groups in total. The van der Waals surface area contributed by atoms with Crippen molar-refractivity contribution in [3.63, 3.8) is 0 Å². The molecule has 0 saturated heterocycles. The van der Waals surface area contributed by atoms with E-state index < -0.39 is 0 Å². The molecular weight excluding hydrogens is 1000 g/mol. The maximum Gasteiger partial charge on any atom is 0.0573 e. The van der Waals surface area contributed by atoms with Gasteiger partial charge >= 0.3 is 0 Å². The van der Waals surface area contributed by atoms with E-state index in [1.165, 1.54) is 92.5 Å². The topological polar surface area (TPSA) is 14.8 Å². The number of benzene rings is 10. The fourth-order valence-electron chi connectivity index (χ4n) is 11.0. The van der Waals surface area contributed by atoms with E-state index in [1.807, 2.05) is 42.5 Å². The molecule has 0 atom stereocenters. The maximum absolute atomic E-state index is 2.47. The summed E-state index contributed by atoms with van der Waals surface area (Å²) in [6.07, 6.45) is 13.0. The molecule has 3 heterocycles. The number of hydrogen-bond acceptors (Lipinski definition) is 0. The first-order valence-electron chi connectivity index (χ1n) is 30.1. The van der Waals surface area contributed by atoms with Crippen LogP contribution in [-0.2, 0) is 0 Å². The van der Waals surface area contributed by atoms with Crippen molar-refractivity contribution in [1.29, 1.82) is 0 Å². The average Bonchev–Trinajstić information content (AvgIpc) is 3.32. The smallest absolute Gasteiger partial charge is 0.0573 e. The molecule has 3 nitrogen and oxygen atoms in total. The molecule has 10 aromatic carbocycles. The van der Waals surface area contributed by atoms with Gasteiger partial charge in [0, 0.05) is 83.4 Å². The van der Waals surface area contributed by atoms with Gasteiger partial charge in [0.05, 0.1) is 5.52 Å². The Morgan fingerprint density at radius 3 is 1.06 bits per heavy atom. The summed E-state index contributed by atoms with van der Waals surface area (Å²) in [6.45, 7) is 26.6. The van der Waals surface area contributed by atoms with Gasteiger partial charge < -0.3 is 13.7 Å². The molecule has 0 fully saturated rings. The molecule has 0 amide bonds. The number of nitrogens with zero attached hydrogens (tertiary/aromatic N) is 3. The highest BCUT2D eigenvalue weighted by Gasteiger charge is 2.16. The molecule has 0 radical (unpaired) electrons. The van der Waals surface area contributed by atoms with E-state index in [0.29, 0.717) is 35.9 Å². The highest BCUT2D eigenvalue weighted by atomic mass is 15.0. The summed E-state index contributed by atoms with van der Waals surface area (Å²) in [5.41, 5.74) is 9.29. The van der Waals surface area contributed by atoms with Crippen molar-refractivity contribution in [2.24, 2.45) is 17.8 Å². The van der Waals surface area contributed by atoms with Gasteiger partial charge in [-0.25, -0.2) is 0 Å². The van der Waals surface area contributed by atoms with Crippen LogP contribution < -0.4 is 0 Å². The lowest BCUT2D eigenvalue weighted by atomic mass is 10.0. The molecule has 0 unspecified atom stereocenters. The average molecular weight is 1090 g/mol. The van der Waals surface area contributed by atoms with Gasteiger partial charge in [0.25, 0.3) is 0 Å². The monoisotopic (exact) mass is 1090 g/mol. The van der Waals surface area contributed by atoms with Crippen molar-refractivity contribution in [1.82, 2.24) is 13.7 Å². The van der Waals surface area contributed by atoms with Crippen LogP contribution in [0, 0.1) is 17.8 Å². The van der Waals surface area contributed by atoms with Crippen LogP contribution in [0.25, 0.3) is 93.0 Å². The standard InChI is InChI=1S/2C19H17N.C15H15N.C11H14.C10H18.C6H6/c1-13(2)20-18-10-6-5-9-16(18)17-12-11-14-7-3-4-8-15(14)19(17)20;1-13(2)20-17-10-6-5-9-16(17)19-15-8-4-3-7-14(15)11-12-18(19)20;1-11(2)16-14-9-5-3-7-12(14)13-8-4-6-10-15(13)16;1-10(2)8-9-11-6-4-3-5-7-11;1-9(2)7-5-6-8-10(3)4;1-2-4-6-5-3-1/h2*3-13H,1-2H3;3-11H,1-2H3;3-10H,1-2H3;5-10H,1-4H3;1-6H/b;;;9-8+;7-5-,8-6-;. The van der Waals surface area contributed by atoms with Gasteiger partial charge in [-0.1, -0.05) is 284 Å². The molecule has 13 aromatic rings. The van der Waals surface area contributed by atoms with Crippen molar-refractivity contribution >= 4 is 93.0 Å². The number of allylic oxidation sites excluding steroid dienone is 5. The number of hydrogen-bond donors (Lipinski definition) is 0. The molecule has 3 aromatic heterocycles. The minimum absolute atomic E-state index is 0.447. The zero-order valence-corrected chi connectivity index (χ0v) is 51.3. The van der Waals surface area contributed by atoms with Gasteiger partial charge in [0.15, 0.2) is 0 Å². The van der Waals surface area contributed by atoms with E-state index >= 15 is 0 Å². The van der Waals surface area contributed by atoms with Crippen molar-refractivity contribution in [2.45, 2.75) is 101 Å². The second kappa shape index (κ2) is 29.4. The quantitative estimate of drug-likeness (QED) is 0.135. The second-order valence-electron chi connectivity index (χ2n) is 23.2. The lowest BCUT2D eigenvalue weighted by Gasteiger charge is -2.13. The molecule has 13 rings (SSSR count). The van der Waals surface area contributed by atoms with Gasteiger partial charge in [-0.3, -0.25) is 0 Å². The molecule has 3 heteroatoms. The SMILES string of the molecule is CC(C)/C=C/c1ccccc1.CC(C)/C=C\C=C/C(C)C.CC(C)n1c2ccccc2c2c3ccccc3ccc21.CC(C)n1c2ccccc2c2ccc3ccccc3c21.CC(C)n1c2ccccc2c2ccccc21.c1ccccc1. The molecule has 0 spiro atoms. The highest BCUT2D eigenvalue weighted by molar-refractivity contribution is 6.21. The van der Waals surface area contributed by atoms with Gasteiger partial charge in [0.2, 0.25) is 0 Å². The fraction of sp³-hybridized carbons (Fsp3) is 0.225. The van der Waals surface area contributed by atoms with Gasteiger partial charge in [0.1, 0.15) is 0 Å². The minimum atomic E-state index is 0.447. The van der Waals surface area contributed by atoms with Crippen LogP contribution in [0.3, 0.4) is 0 Å². The van der Waals surface area contributed by atoms with E-state index in [1.54, 1.807) is 0 Å². The van der Waals surface area contributed by atoms with Crippen LogP contribution in [0.15, 0.2) is 267 Å². The first-order chi connectivity index (χ1) is 40.2. The van der Waals surface area contributed by atoms with Crippen molar-refractivity contribution in [2.75, 3.05) is 0 Å². The summed E-state index contributed by atoms with van der Waals surface area (Å²) >= 11 is 0. The highest BCUT2D eigenvalue weighted by Crippen LogP contribution is 2.38. The zero-order chi connectivity index (χ0) is 58.8. The molecule has 0 aliphatic heterocycles. The van der Waals surface area contributed by atoms with Gasteiger partial charge in [-0.05, 0) is 111 Å². The number of aromatic nitrogens is 3. The molecule has 0 bridgehead atoms. The predicted octanol–water partition coefficient (Wildman–Crippen LogP) is 23.9. The summed E-state index contributed by atoms with van der Waals surface area (Å²) in [6, 6.07) is 84.8. The molecule has 0 saturated carbocycles. The summed E-state index contributed by atoms with van der Waals surface area (Å²) in [5.74, 6) is 1.96. The van der Waals surface area contributed by atoms with E-state index in [2.05, 4.69) is 327 Å². The Kier molecular flexibility index (Phi) is 21.4. The zero-order valence-electron chi connectivity index (χ0n) is 51.3. The Labute approximate surface area is 495 Å². The summed E-state index contributed by atoms with van der Waals surface area (Å²) in [4.78, 5) is 0. The minimum Gasteiger partial charge on any atom is -0.338 e. The first kappa shape index (κ1) is 60.4. The lowest BCUT2D eigenvalue weighted by molar-refractivity contribution is 0.642. The fourth-order valence-corrected chi connectivity index (χ4v) is 11.0. The van der Waals surface area contributed by atoms with Crippen molar-refractivity contribution < 1.29 is 0 Å². The van der Waals surface area contributed by atoms with Crippen molar-refractivity contribution in [3.05, 3.63) is 273 Å². The van der Waals surface area contributed by atoms with Crippen molar-refractivity contribution in [3.8, 4) is 0 Å². The van der Waals surface area contributed by atoms with Crippen LogP contribution >= 0.6 is 0 Å². The first-order valence-corrected chi connectivity index (χ1v) is 30.1. The summed E-state index contributed by atoms with van der Waals surface area (Å²) < 4.78 is 7.31. The predicted molar refractivity (Wildman–Crippen MR) is 369 cm³/mol. The number of para-hydroxylation sites is 4. The third kappa shape index (κ3) is 15.1. The molecular formula is C80H87N3. The van der Waals surface area contributed by atoms with Crippen LogP contribution in [0.1, 0.15) is 107 Å². The second-order valence-corrected chi connectivity index (χ2v) is 23.2. The Bertz CT molecular complexity index is 4110. The lowest BCUT2D eigenvalue weighted by Crippen LogP contribution is -2.00. The van der Waals surface area contributed by atoms with Crippen LogP contribution in [-0.4, -0.2) is 13.7 Å². The number of fused-ring (bicyclic) bond motifs is 13. The normalized spacial score (nSPS) is 11.6. The van der Waals surface area contributed by atoms with Gasteiger partial charge in [-0.15, -0.1) is 0 Å². The molecule has 83 heavy (non-hydrogen) atoms. The third-order valence-corrected chi connectivity index (χ3v) is 14.6. The van der Waals surface area contributed by atoms with E-state index in [4.69, 9.17) is 0 Å². The number of rotatable bonds is 8. The van der Waals surface area contributed by atoms with E-state index in [0.717, 1.165) is 0 Å². The van der Waals surface area contributed by atoms with Crippen LogP contribution in [0.4, 0.5) is 0 Å².